The Hall–Kier alpha value is -1.96. The lowest BCUT2D eigenvalue weighted by Gasteiger charge is -2.24. The van der Waals surface area contributed by atoms with E-state index in [0.29, 0.717) is 4.88 Å². The lowest BCUT2D eigenvalue weighted by atomic mass is 10.1. The van der Waals surface area contributed by atoms with Crippen LogP contribution in [-0.4, -0.2) is 30.3 Å². The molecule has 3 rings (SSSR count). The van der Waals surface area contributed by atoms with Crippen LogP contribution in [0, 0.1) is 6.92 Å². The summed E-state index contributed by atoms with van der Waals surface area (Å²) in [6, 6.07) is 9.33. The molecule has 1 aromatic carbocycles. The fourth-order valence-electron chi connectivity index (χ4n) is 2.59. The summed E-state index contributed by atoms with van der Waals surface area (Å²) in [6.45, 7) is 1.94. The van der Waals surface area contributed by atoms with Crippen LogP contribution in [0.15, 0.2) is 58.3 Å². The van der Waals surface area contributed by atoms with Crippen molar-refractivity contribution in [3.8, 4) is 0 Å². The lowest BCUT2D eigenvalue weighted by Crippen LogP contribution is -2.32. The summed E-state index contributed by atoms with van der Waals surface area (Å²) in [5.41, 5.74) is 1.06. The summed E-state index contributed by atoms with van der Waals surface area (Å²) in [5.74, 6) is -1.09. The highest BCUT2D eigenvalue weighted by Crippen LogP contribution is 2.39. The predicted octanol–water partition coefficient (Wildman–Crippen LogP) is 2.81. The van der Waals surface area contributed by atoms with Gasteiger partial charge in [-0.3, -0.25) is 0 Å². The number of carboxylic acids is 1. The molecule has 1 aromatic heterocycles. The molecule has 1 unspecified atom stereocenters. The van der Waals surface area contributed by atoms with Crippen LogP contribution in [-0.2, 0) is 14.8 Å². The maximum absolute atomic E-state index is 12.9. The maximum atomic E-state index is 12.9. The first kappa shape index (κ1) is 15.9. The third-order valence-corrected chi connectivity index (χ3v) is 6.53. The summed E-state index contributed by atoms with van der Waals surface area (Å²) in [5, 5.41) is 11.2. The molecule has 5 nitrogen and oxygen atoms in total. The molecule has 1 aliphatic rings. The van der Waals surface area contributed by atoms with Gasteiger partial charge >= 0.3 is 5.97 Å². The van der Waals surface area contributed by atoms with Crippen LogP contribution in [0.3, 0.4) is 0 Å². The van der Waals surface area contributed by atoms with Crippen molar-refractivity contribution in [3.63, 3.8) is 0 Å². The first-order chi connectivity index (χ1) is 10.9. The SMILES string of the molecule is Cc1ccc(S(=O)(=O)N2CC=C(C(=O)O)C2c2cccs2)cc1. The van der Waals surface area contributed by atoms with E-state index in [1.165, 1.54) is 21.7 Å². The second-order valence-electron chi connectivity index (χ2n) is 5.27. The zero-order chi connectivity index (χ0) is 16.6. The van der Waals surface area contributed by atoms with Crippen molar-refractivity contribution >= 4 is 27.3 Å². The highest BCUT2D eigenvalue weighted by molar-refractivity contribution is 7.89. The minimum absolute atomic E-state index is 0.0560. The molecule has 0 saturated heterocycles. The monoisotopic (exact) mass is 349 g/mol. The summed E-state index contributed by atoms with van der Waals surface area (Å²) in [4.78, 5) is 12.3. The van der Waals surface area contributed by atoms with Gasteiger partial charge in [-0.15, -0.1) is 11.3 Å². The number of hydrogen-bond acceptors (Lipinski definition) is 4. The molecule has 1 atom stereocenters. The van der Waals surface area contributed by atoms with Crippen molar-refractivity contribution in [1.82, 2.24) is 4.31 Å². The largest absolute Gasteiger partial charge is 0.478 e. The quantitative estimate of drug-likeness (QED) is 0.921. The minimum atomic E-state index is -3.77. The molecule has 0 bridgehead atoms. The van der Waals surface area contributed by atoms with Crippen LogP contribution in [0.1, 0.15) is 16.5 Å². The summed E-state index contributed by atoms with van der Waals surface area (Å²) in [6.07, 6.45) is 1.47. The molecule has 2 aromatic rings. The van der Waals surface area contributed by atoms with E-state index in [1.807, 2.05) is 12.3 Å². The second kappa shape index (κ2) is 5.92. The van der Waals surface area contributed by atoms with Crippen molar-refractivity contribution in [3.05, 3.63) is 63.9 Å². The van der Waals surface area contributed by atoms with Crippen LogP contribution in [0.2, 0.25) is 0 Å². The van der Waals surface area contributed by atoms with E-state index in [-0.39, 0.29) is 17.0 Å². The lowest BCUT2D eigenvalue weighted by molar-refractivity contribution is -0.133. The number of carbonyl (C=O) groups is 1. The van der Waals surface area contributed by atoms with Gasteiger partial charge in [0.1, 0.15) is 0 Å². The summed E-state index contributed by atoms with van der Waals surface area (Å²) in [7, 11) is -3.77. The van der Waals surface area contributed by atoms with Crippen LogP contribution in [0.25, 0.3) is 0 Å². The fourth-order valence-corrected chi connectivity index (χ4v) is 5.04. The number of sulfonamides is 1. The molecule has 0 fully saturated rings. The van der Waals surface area contributed by atoms with Gasteiger partial charge in [-0.2, -0.15) is 4.31 Å². The normalized spacial score (nSPS) is 18.8. The van der Waals surface area contributed by atoms with Gasteiger partial charge in [-0.1, -0.05) is 29.8 Å². The molecule has 2 heterocycles. The van der Waals surface area contributed by atoms with E-state index in [2.05, 4.69) is 0 Å². The van der Waals surface area contributed by atoms with E-state index < -0.39 is 22.0 Å². The van der Waals surface area contributed by atoms with Crippen LogP contribution >= 0.6 is 11.3 Å². The standard InChI is InChI=1S/C16H15NO4S2/c1-11-4-6-12(7-5-11)23(20,21)17-9-8-13(16(18)19)15(17)14-3-2-10-22-14/h2-8,10,15H,9H2,1H3,(H,18,19). The Bertz CT molecular complexity index is 852. The number of thiophene rings is 1. The van der Waals surface area contributed by atoms with Crippen molar-refractivity contribution in [1.29, 1.82) is 0 Å². The number of rotatable bonds is 4. The zero-order valence-corrected chi connectivity index (χ0v) is 14.0. The highest BCUT2D eigenvalue weighted by atomic mass is 32.2. The van der Waals surface area contributed by atoms with Gasteiger partial charge in [0.2, 0.25) is 10.0 Å². The van der Waals surface area contributed by atoms with Gasteiger partial charge in [0.25, 0.3) is 0 Å². The molecular formula is C16H15NO4S2. The van der Waals surface area contributed by atoms with Gasteiger partial charge in [-0.25, -0.2) is 13.2 Å². The fraction of sp³-hybridized carbons (Fsp3) is 0.188. The van der Waals surface area contributed by atoms with Gasteiger partial charge in [0.15, 0.2) is 0 Å². The first-order valence-electron chi connectivity index (χ1n) is 6.96. The number of carboxylic acid groups (broad SMARTS) is 1. The van der Waals surface area contributed by atoms with E-state index in [9.17, 15) is 18.3 Å². The molecule has 120 valence electrons. The van der Waals surface area contributed by atoms with Gasteiger partial charge in [0.05, 0.1) is 16.5 Å². The Morgan fingerprint density at radius 2 is 1.96 bits per heavy atom. The maximum Gasteiger partial charge on any atom is 0.333 e. The Balaban J connectivity index is 2.05. The van der Waals surface area contributed by atoms with Gasteiger partial charge in [-0.05, 0) is 30.5 Å². The van der Waals surface area contributed by atoms with Crippen LogP contribution < -0.4 is 0 Å². The zero-order valence-electron chi connectivity index (χ0n) is 12.3. The molecule has 23 heavy (non-hydrogen) atoms. The van der Waals surface area contributed by atoms with E-state index in [0.717, 1.165) is 5.56 Å². The van der Waals surface area contributed by atoms with Gasteiger partial charge < -0.3 is 5.11 Å². The Kier molecular flexibility index (Phi) is 4.09. The smallest absolute Gasteiger partial charge is 0.333 e. The third-order valence-electron chi connectivity index (χ3n) is 3.76. The average Bonchev–Trinajstić information content (AvgIpc) is 3.16. The van der Waals surface area contributed by atoms with Crippen molar-refractivity contribution in [2.24, 2.45) is 0 Å². The van der Waals surface area contributed by atoms with Gasteiger partial charge in [0, 0.05) is 11.4 Å². The van der Waals surface area contributed by atoms with Crippen LogP contribution in [0.4, 0.5) is 0 Å². The first-order valence-corrected chi connectivity index (χ1v) is 9.28. The number of nitrogens with zero attached hydrogens (tertiary/aromatic N) is 1. The van der Waals surface area contributed by atoms with Crippen molar-refractivity contribution < 1.29 is 18.3 Å². The van der Waals surface area contributed by atoms with Crippen LogP contribution in [0.5, 0.6) is 0 Å². The molecular weight excluding hydrogens is 334 g/mol. The van der Waals surface area contributed by atoms with E-state index in [1.54, 1.807) is 36.4 Å². The molecule has 0 saturated carbocycles. The molecule has 1 N–H and O–H groups in total. The second-order valence-corrected chi connectivity index (χ2v) is 8.14. The Morgan fingerprint density at radius 3 is 2.52 bits per heavy atom. The summed E-state index contributed by atoms with van der Waals surface area (Å²) >= 11 is 1.35. The van der Waals surface area contributed by atoms with Crippen molar-refractivity contribution in [2.45, 2.75) is 17.9 Å². The number of benzene rings is 1. The molecule has 7 heteroatoms. The topological polar surface area (TPSA) is 74.7 Å². The predicted molar refractivity (Wildman–Crippen MR) is 87.8 cm³/mol. The number of hydrogen-bond donors (Lipinski definition) is 1. The molecule has 0 spiro atoms. The van der Waals surface area contributed by atoms with Crippen molar-refractivity contribution in [2.75, 3.05) is 6.54 Å². The van der Waals surface area contributed by atoms with E-state index >= 15 is 0 Å². The third kappa shape index (κ3) is 2.83. The average molecular weight is 349 g/mol. The number of aryl methyl sites for hydroxylation is 1. The molecule has 0 aliphatic carbocycles. The summed E-state index contributed by atoms with van der Waals surface area (Å²) < 4.78 is 27.1. The Morgan fingerprint density at radius 1 is 1.26 bits per heavy atom. The highest BCUT2D eigenvalue weighted by Gasteiger charge is 2.40. The van der Waals surface area contributed by atoms with E-state index in [4.69, 9.17) is 0 Å². The molecule has 0 radical (unpaired) electrons. The minimum Gasteiger partial charge on any atom is -0.478 e. The molecule has 0 amide bonds. The number of aliphatic carboxylic acids is 1. The Labute approximate surface area is 138 Å². The molecule has 1 aliphatic heterocycles.